The van der Waals surface area contributed by atoms with Gasteiger partial charge in [-0.1, -0.05) is 57.2 Å². The van der Waals surface area contributed by atoms with E-state index in [1.807, 2.05) is 24.3 Å². The average molecular weight is 292 g/mol. The second-order valence-electron chi connectivity index (χ2n) is 6.15. The molecule has 3 nitrogen and oxygen atoms in total. The van der Waals surface area contributed by atoms with Gasteiger partial charge in [0.15, 0.2) is 5.78 Å². The maximum Gasteiger partial charge on any atom is 0.228 e. The van der Waals surface area contributed by atoms with Gasteiger partial charge in [-0.25, -0.2) is 4.85 Å². The summed E-state index contributed by atoms with van der Waals surface area (Å²) in [5.41, 5.74) is 2.80. The molecule has 0 unspecified atom stereocenters. The van der Waals surface area contributed by atoms with E-state index in [9.17, 15) is 4.79 Å². The van der Waals surface area contributed by atoms with E-state index in [0.29, 0.717) is 22.6 Å². The van der Waals surface area contributed by atoms with E-state index in [-0.39, 0.29) is 11.2 Å². The van der Waals surface area contributed by atoms with Gasteiger partial charge in [-0.05, 0) is 17.0 Å². The Morgan fingerprint density at radius 2 is 1.64 bits per heavy atom. The fraction of sp³-hybridized carbons (Fsp3) is 0.263. The summed E-state index contributed by atoms with van der Waals surface area (Å²) in [5.74, 6) is 0.349. The molecule has 0 aliphatic carbocycles. The van der Waals surface area contributed by atoms with Gasteiger partial charge in [0.1, 0.15) is 5.75 Å². The summed E-state index contributed by atoms with van der Waals surface area (Å²) in [7, 11) is 1.50. The molecule has 0 fully saturated rings. The molecule has 2 rings (SSSR count). The van der Waals surface area contributed by atoms with E-state index in [0.717, 1.165) is 0 Å². The third kappa shape index (κ3) is 3.17. The molecule has 0 radical (unpaired) electrons. The molecule has 2 aromatic rings. The molecule has 0 spiro atoms. The maximum atomic E-state index is 12.5. The minimum atomic E-state index is -0.0738. The minimum absolute atomic E-state index is 0.0576. The summed E-state index contributed by atoms with van der Waals surface area (Å²) >= 11 is 0. The van der Waals surface area contributed by atoms with Crippen LogP contribution in [0.3, 0.4) is 0 Å². The lowest BCUT2D eigenvalue weighted by Crippen LogP contribution is -2.11. The number of benzene rings is 2. The van der Waals surface area contributed by atoms with Crippen LogP contribution in [0.2, 0.25) is 0 Å². The van der Waals surface area contributed by atoms with E-state index in [4.69, 9.17) is 11.3 Å². The number of carbonyl (C=O) groups is 1. The standard InChI is InChI=1S/C19H19NO2/c1-19(2,3)15-9-6-13(7-10-15)18(21)14-8-11-16(20-4)17(12-14)22-5/h6-12H,1-3,5H3/i4-1. The topological polar surface area (TPSA) is 30.7 Å². The first kappa shape index (κ1) is 15.8. The monoisotopic (exact) mass is 292 g/mol. The highest BCUT2D eigenvalue weighted by atomic mass is 16.5. The molecule has 0 N–H and O–H groups in total. The van der Waals surface area contributed by atoms with Gasteiger partial charge >= 0.3 is 0 Å². The molecule has 112 valence electrons. The van der Waals surface area contributed by atoms with Crippen molar-refractivity contribution in [2.24, 2.45) is 0 Å². The van der Waals surface area contributed by atoms with Gasteiger partial charge in [0.05, 0.1) is 13.7 Å². The number of ketones is 1. The molecule has 0 saturated heterocycles. The van der Waals surface area contributed by atoms with Crippen molar-refractivity contribution in [1.82, 2.24) is 0 Å². The van der Waals surface area contributed by atoms with Crippen molar-refractivity contribution in [3.8, 4) is 5.75 Å². The Kier molecular flexibility index (Phi) is 4.32. The molecule has 2 aromatic carbocycles. The minimum Gasteiger partial charge on any atom is -0.508 e. The van der Waals surface area contributed by atoms with Crippen LogP contribution >= 0.6 is 0 Å². The van der Waals surface area contributed by atoms with Gasteiger partial charge in [-0.3, -0.25) is 4.79 Å². The predicted octanol–water partition coefficient (Wildman–Crippen LogP) is 4.77. The SMILES string of the molecule is COc1cc(C(=O)c2ccc(C(C)(C)C)cc2)ccc1[N+]#[11C-]. The molecule has 0 amide bonds. The van der Waals surface area contributed by atoms with Crippen molar-refractivity contribution >= 4 is 11.5 Å². The molecule has 22 heavy (non-hydrogen) atoms. The molecule has 0 saturated carbocycles. The van der Waals surface area contributed by atoms with Crippen molar-refractivity contribution in [1.29, 1.82) is 0 Å². The maximum absolute atomic E-state index is 12.5. The molecule has 0 aromatic heterocycles. The normalized spacial score (nSPS) is 10.9. The second kappa shape index (κ2) is 6.03. The largest absolute Gasteiger partial charge is 0.508 e. The van der Waals surface area contributed by atoms with E-state index in [2.05, 4.69) is 25.6 Å². The van der Waals surface area contributed by atoms with Gasteiger partial charge in [-0.15, -0.1) is 0 Å². The van der Waals surface area contributed by atoms with Crippen molar-refractivity contribution < 1.29 is 9.53 Å². The summed E-state index contributed by atoms with van der Waals surface area (Å²) in [6.45, 7) is 13.5. The van der Waals surface area contributed by atoms with Gasteiger partial charge in [-0.2, -0.15) is 0 Å². The lowest BCUT2D eigenvalue weighted by atomic mass is 9.86. The Balaban J connectivity index is 2.34. The Bertz CT molecular complexity index is 732. The molecule has 0 aliphatic rings. The van der Waals surface area contributed by atoms with Gasteiger partial charge in [0.25, 0.3) is 0 Å². The van der Waals surface area contributed by atoms with E-state index >= 15 is 0 Å². The molecule has 0 aliphatic heterocycles. The van der Waals surface area contributed by atoms with Crippen LogP contribution in [0.5, 0.6) is 5.75 Å². The van der Waals surface area contributed by atoms with Crippen molar-refractivity contribution in [3.63, 3.8) is 0 Å². The number of ether oxygens (including phenoxy) is 1. The van der Waals surface area contributed by atoms with Crippen LogP contribution in [0.1, 0.15) is 42.3 Å². The first-order chi connectivity index (χ1) is 10.4. The molecule has 0 bridgehead atoms. The lowest BCUT2D eigenvalue weighted by Gasteiger charge is -2.19. The zero-order valence-corrected chi connectivity index (χ0v) is 13.3. The van der Waals surface area contributed by atoms with Crippen LogP contribution in [0.25, 0.3) is 4.85 Å². The number of hydrogen-bond donors (Lipinski definition) is 0. The number of hydrogen-bond acceptors (Lipinski definition) is 2. The summed E-state index contributed by atoms with van der Waals surface area (Å²) in [5, 5.41) is 0. The fourth-order valence-corrected chi connectivity index (χ4v) is 2.20. The summed E-state index contributed by atoms with van der Waals surface area (Å²) in [6.07, 6.45) is 0. The highest BCUT2D eigenvalue weighted by Crippen LogP contribution is 2.29. The number of rotatable bonds is 3. The first-order valence-corrected chi connectivity index (χ1v) is 7.07. The van der Waals surface area contributed by atoms with Gasteiger partial charge in [0, 0.05) is 11.1 Å². The molecular weight excluding hydrogens is 273 g/mol. The zero-order chi connectivity index (χ0) is 16.3. The quantitative estimate of drug-likeness (QED) is 0.602. The Hall–Kier alpha value is -2.60. The first-order valence-electron chi connectivity index (χ1n) is 7.07. The Morgan fingerprint density at radius 3 is 2.14 bits per heavy atom. The summed E-state index contributed by atoms with van der Waals surface area (Å²) in [4.78, 5) is 15.9. The fourth-order valence-electron chi connectivity index (χ4n) is 2.20. The van der Waals surface area contributed by atoms with Crippen LogP contribution in [-0.4, -0.2) is 12.9 Å². The Morgan fingerprint density at radius 1 is 1.05 bits per heavy atom. The van der Waals surface area contributed by atoms with E-state index in [1.165, 1.54) is 12.7 Å². The highest BCUT2D eigenvalue weighted by molar-refractivity contribution is 6.09. The molecular formula is C19H19NO2. The van der Waals surface area contributed by atoms with Crippen LogP contribution < -0.4 is 4.74 Å². The second-order valence-corrected chi connectivity index (χ2v) is 6.15. The third-order valence-corrected chi connectivity index (χ3v) is 3.58. The number of carbonyl (C=O) groups excluding carboxylic acids is 1. The summed E-state index contributed by atoms with van der Waals surface area (Å²) < 4.78 is 5.16. The van der Waals surface area contributed by atoms with Crippen LogP contribution in [0.15, 0.2) is 42.5 Å². The van der Waals surface area contributed by atoms with Gasteiger partial charge in [0.2, 0.25) is 5.69 Å². The van der Waals surface area contributed by atoms with E-state index < -0.39 is 0 Å². The average Bonchev–Trinajstić information content (AvgIpc) is 2.52. The number of nitrogens with zero attached hydrogens (tertiary/aromatic N) is 1. The van der Waals surface area contributed by atoms with Crippen LogP contribution in [-0.2, 0) is 5.41 Å². The molecule has 0 heterocycles. The van der Waals surface area contributed by atoms with Crippen molar-refractivity contribution in [2.75, 3.05) is 7.11 Å². The smallest absolute Gasteiger partial charge is 0.228 e. The van der Waals surface area contributed by atoms with Crippen LogP contribution in [0, 0.1) is 6.57 Å². The third-order valence-electron chi connectivity index (χ3n) is 3.58. The predicted molar refractivity (Wildman–Crippen MR) is 87.8 cm³/mol. The van der Waals surface area contributed by atoms with Crippen molar-refractivity contribution in [3.05, 3.63) is 70.6 Å². The van der Waals surface area contributed by atoms with Crippen LogP contribution in [0.4, 0.5) is 5.69 Å². The molecule has 3 heteroatoms. The lowest BCUT2D eigenvalue weighted by molar-refractivity contribution is 0.103. The summed E-state index contributed by atoms with van der Waals surface area (Å²) in [6, 6.07) is 12.6. The zero-order valence-electron chi connectivity index (χ0n) is 13.3. The number of methoxy groups -OCH3 is 1. The van der Waals surface area contributed by atoms with Gasteiger partial charge < -0.3 is 4.74 Å². The molecule has 0 atom stereocenters. The van der Waals surface area contributed by atoms with Crippen molar-refractivity contribution in [2.45, 2.75) is 26.2 Å². The highest BCUT2D eigenvalue weighted by Gasteiger charge is 2.16. The Labute approximate surface area is 131 Å². The van der Waals surface area contributed by atoms with E-state index in [1.54, 1.807) is 18.2 Å².